The second-order valence-electron chi connectivity index (χ2n) is 6.39. The fourth-order valence-electron chi connectivity index (χ4n) is 2.95. The van der Waals surface area contributed by atoms with Crippen molar-refractivity contribution in [3.8, 4) is 22.9 Å². The molecule has 0 atom stereocenters. The zero-order valence-electron chi connectivity index (χ0n) is 15.2. The molecule has 0 radical (unpaired) electrons. The van der Waals surface area contributed by atoms with Gasteiger partial charge in [0.05, 0.1) is 5.69 Å². The standard InChI is InChI=1S/C20H19ClN2O3S/c1-12-9-13(2)19(14(3)10-12)26-20-18(27(22,24)25)8-7-17(23-20)15-5-4-6-16(21)11-15/h4-11H,1-3H3,(H2,22,24,25). The molecule has 5 nitrogen and oxygen atoms in total. The largest absolute Gasteiger partial charge is 0.437 e. The Bertz CT molecular complexity index is 1100. The summed E-state index contributed by atoms with van der Waals surface area (Å²) in [6, 6.07) is 14.0. The summed E-state index contributed by atoms with van der Waals surface area (Å²) in [6.07, 6.45) is 0. The molecule has 0 aliphatic carbocycles. The van der Waals surface area contributed by atoms with E-state index in [4.69, 9.17) is 21.5 Å². The van der Waals surface area contributed by atoms with E-state index >= 15 is 0 Å². The summed E-state index contributed by atoms with van der Waals surface area (Å²) in [4.78, 5) is 4.24. The highest BCUT2D eigenvalue weighted by atomic mass is 35.5. The van der Waals surface area contributed by atoms with Gasteiger partial charge in [0.1, 0.15) is 10.6 Å². The van der Waals surface area contributed by atoms with Gasteiger partial charge in [-0.25, -0.2) is 18.5 Å². The smallest absolute Gasteiger partial charge is 0.243 e. The van der Waals surface area contributed by atoms with Crippen molar-refractivity contribution in [2.75, 3.05) is 0 Å². The summed E-state index contributed by atoms with van der Waals surface area (Å²) >= 11 is 6.05. The molecule has 3 rings (SSSR count). The molecule has 0 aliphatic rings. The molecule has 1 aromatic heterocycles. The quantitative estimate of drug-likeness (QED) is 0.681. The van der Waals surface area contributed by atoms with E-state index in [1.165, 1.54) is 6.07 Å². The lowest BCUT2D eigenvalue weighted by atomic mass is 10.1. The Morgan fingerprint density at radius 2 is 1.67 bits per heavy atom. The number of hydrogen-bond acceptors (Lipinski definition) is 4. The van der Waals surface area contributed by atoms with Gasteiger partial charge in [-0.05, 0) is 56.2 Å². The third kappa shape index (κ3) is 4.30. The van der Waals surface area contributed by atoms with Gasteiger partial charge in [-0.3, -0.25) is 0 Å². The zero-order valence-corrected chi connectivity index (χ0v) is 16.7. The van der Waals surface area contributed by atoms with Crippen LogP contribution in [0.3, 0.4) is 0 Å². The van der Waals surface area contributed by atoms with Crippen molar-refractivity contribution in [3.63, 3.8) is 0 Å². The van der Waals surface area contributed by atoms with Gasteiger partial charge < -0.3 is 4.74 Å². The van der Waals surface area contributed by atoms with Gasteiger partial charge in [0.15, 0.2) is 0 Å². The van der Waals surface area contributed by atoms with E-state index in [0.29, 0.717) is 16.5 Å². The Labute approximate surface area is 163 Å². The highest BCUT2D eigenvalue weighted by molar-refractivity contribution is 7.89. The van der Waals surface area contributed by atoms with E-state index in [-0.39, 0.29) is 10.8 Å². The Kier molecular flexibility index (Phi) is 5.24. The molecule has 0 fully saturated rings. The van der Waals surface area contributed by atoms with Gasteiger partial charge in [0.25, 0.3) is 0 Å². The number of aryl methyl sites for hydroxylation is 3. The molecule has 0 saturated carbocycles. The summed E-state index contributed by atoms with van der Waals surface area (Å²) in [5.41, 5.74) is 4.11. The van der Waals surface area contributed by atoms with E-state index in [9.17, 15) is 8.42 Å². The summed E-state index contributed by atoms with van der Waals surface area (Å²) in [5.74, 6) is 0.492. The van der Waals surface area contributed by atoms with Crippen LogP contribution in [0.5, 0.6) is 11.6 Å². The molecule has 27 heavy (non-hydrogen) atoms. The summed E-state index contributed by atoms with van der Waals surface area (Å²) in [7, 11) is -4.01. The first-order valence-electron chi connectivity index (χ1n) is 8.20. The number of sulfonamides is 1. The van der Waals surface area contributed by atoms with Crippen molar-refractivity contribution >= 4 is 21.6 Å². The monoisotopic (exact) mass is 402 g/mol. The fourth-order valence-corrected chi connectivity index (χ4v) is 3.73. The molecule has 0 bridgehead atoms. The van der Waals surface area contributed by atoms with Gasteiger partial charge >= 0.3 is 0 Å². The van der Waals surface area contributed by atoms with Crippen LogP contribution in [-0.2, 0) is 10.0 Å². The molecule has 1 heterocycles. The minimum absolute atomic E-state index is 0.0648. The fraction of sp³-hybridized carbons (Fsp3) is 0.150. The molecule has 0 spiro atoms. The molecule has 0 unspecified atom stereocenters. The molecule has 3 aromatic rings. The number of halogens is 1. The first kappa shape index (κ1) is 19.4. The highest BCUT2D eigenvalue weighted by Gasteiger charge is 2.20. The van der Waals surface area contributed by atoms with Gasteiger partial charge in [0, 0.05) is 10.6 Å². The third-order valence-corrected chi connectivity index (χ3v) is 5.21. The van der Waals surface area contributed by atoms with Crippen LogP contribution in [0.15, 0.2) is 53.4 Å². The average molecular weight is 403 g/mol. The first-order chi connectivity index (χ1) is 12.6. The number of benzene rings is 2. The molecule has 0 amide bonds. The topological polar surface area (TPSA) is 82.3 Å². The van der Waals surface area contributed by atoms with Gasteiger partial charge in [0.2, 0.25) is 15.9 Å². The molecule has 7 heteroatoms. The predicted molar refractivity (Wildman–Crippen MR) is 107 cm³/mol. The van der Waals surface area contributed by atoms with Crippen molar-refractivity contribution in [3.05, 3.63) is 70.2 Å². The van der Waals surface area contributed by atoms with Crippen molar-refractivity contribution in [2.45, 2.75) is 25.7 Å². The summed E-state index contributed by atoms with van der Waals surface area (Å²) in [5, 5.41) is 5.91. The number of ether oxygens (including phenoxy) is 1. The number of nitrogens with zero attached hydrogens (tertiary/aromatic N) is 1. The maximum Gasteiger partial charge on any atom is 0.243 e. The van der Waals surface area contributed by atoms with E-state index in [1.807, 2.05) is 39.0 Å². The van der Waals surface area contributed by atoms with E-state index in [2.05, 4.69) is 4.98 Å². The SMILES string of the molecule is Cc1cc(C)c(Oc2nc(-c3cccc(Cl)c3)ccc2S(N)(=O)=O)c(C)c1. The maximum absolute atomic E-state index is 12.0. The van der Waals surface area contributed by atoms with Crippen LogP contribution in [0, 0.1) is 20.8 Å². The summed E-state index contributed by atoms with van der Waals surface area (Å²) in [6.45, 7) is 5.77. The Morgan fingerprint density at radius 3 is 2.26 bits per heavy atom. The third-order valence-electron chi connectivity index (χ3n) is 4.06. The van der Waals surface area contributed by atoms with Crippen LogP contribution in [0.25, 0.3) is 11.3 Å². The number of rotatable bonds is 4. The minimum atomic E-state index is -4.01. The average Bonchev–Trinajstić information content (AvgIpc) is 2.57. The maximum atomic E-state index is 12.0. The number of aromatic nitrogens is 1. The zero-order chi connectivity index (χ0) is 19.8. The lowest BCUT2D eigenvalue weighted by molar-refractivity contribution is 0.441. The van der Waals surface area contributed by atoms with Crippen molar-refractivity contribution in [1.82, 2.24) is 4.98 Å². The van der Waals surface area contributed by atoms with Gasteiger partial charge in [-0.15, -0.1) is 0 Å². The van der Waals surface area contributed by atoms with Gasteiger partial charge in [-0.2, -0.15) is 0 Å². The molecule has 2 N–H and O–H groups in total. The molecule has 0 saturated heterocycles. The summed E-state index contributed by atoms with van der Waals surface area (Å²) < 4.78 is 30.0. The van der Waals surface area contributed by atoms with Crippen LogP contribution in [-0.4, -0.2) is 13.4 Å². The van der Waals surface area contributed by atoms with Crippen LogP contribution in [0.1, 0.15) is 16.7 Å². The lowest BCUT2D eigenvalue weighted by Crippen LogP contribution is -2.14. The van der Waals surface area contributed by atoms with E-state index in [0.717, 1.165) is 22.3 Å². The van der Waals surface area contributed by atoms with Crippen LogP contribution in [0.4, 0.5) is 0 Å². The minimum Gasteiger partial charge on any atom is -0.437 e. The van der Waals surface area contributed by atoms with Crippen molar-refractivity contribution in [2.24, 2.45) is 5.14 Å². The number of primary sulfonamides is 1. The second-order valence-corrected chi connectivity index (χ2v) is 8.35. The first-order valence-corrected chi connectivity index (χ1v) is 10.1. The Balaban J connectivity index is 2.16. The van der Waals surface area contributed by atoms with Crippen molar-refractivity contribution in [1.29, 1.82) is 0 Å². The molecule has 0 aliphatic heterocycles. The number of nitrogens with two attached hydrogens (primary N) is 1. The van der Waals surface area contributed by atoms with Crippen LogP contribution >= 0.6 is 11.6 Å². The number of pyridine rings is 1. The van der Waals surface area contributed by atoms with Crippen LogP contribution in [0.2, 0.25) is 5.02 Å². The molecule has 2 aromatic carbocycles. The Hall–Kier alpha value is -2.41. The predicted octanol–water partition coefficient (Wildman–Crippen LogP) is 4.77. The Morgan fingerprint density at radius 1 is 1.00 bits per heavy atom. The van der Waals surface area contributed by atoms with Crippen LogP contribution < -0.4 is 9.88 Å². The lowest BCUT2D eigenvalue weighted by Gasteiger charge is -2.15. The van der Waals surface area contributed by atoms with Gasteiger partial charge in [-0.1, -0.05) is 41.4 Å². The molecular formula is C20H19ClN2O3S. The van der Waals surface area contributed by atoms with E-state index in [1.54, 1.807) is 24.3 Å². The molecular weight excluding hydrogens is 384 g/mol. The van der Waals surface area contributed by atoms with Crippen molar-refractivity contribution < 1.29 is 13.2 Å². The normalized spacial score (nSPS) is 11.4. The highest BCUT2D eigenvalue weighted by Crippen LogP contribution is 2.34. The number of hydrogen-bond donors (Lipinski definition) is 1. The molecule has 140 valence electrons. The second kappa shape index (κ2) is 7.31. The van der Waals surface area contributed by atoms with E-state index < -0.39 is 10.0 Å².